The highest BCUT2D eigenvalue weighted by Gasteiger charge is 2.08. The van der Waals surface area contributed by atoms with Gasteiger partial charge in [-0.2, -0.15) is 0 Å². The fourth-order valence-electron chi connectivity index (χ4n) is 3.39. The molecule has 0 aliphatic carbocycles. The predicted octanol–water partition coefficient (Wildman–Crippen LogP) is 8.71. The summed E-state index contributed by atoms with van der Waals surface area (Å²) in [4.78, 5) is 0. The molecule has 0 saturated heterocycles. The van der Waals surface area contributed by atoms with E-state index < -0.39 is 0 Å². The maximum Gasteiger partial charge on any atom is 0.123 e. The number of phenolic OH excluding ortho intramolecular Hbond substituents is 1. The fourth-order valence-corrected chi connectivity index (χ4v) is 3.39. The van der Waals surface area contributed by atoms with Crippen molar-refractivity contribution in [2.75, 3.05) is 0 Å². The molecule has 0 fully saturated rings. The quantitative estimate of drug-likeness (QED) is 0.240. The Bertz CT molecular complexity index is 1220. The molecule has 1 N–H and O–H groups in total. The van der Waals surface area contributed by atoms with Crippen LogP contribution in [0.15, 0.2) is 116 Å². The second-order valence-corrected chi connectivity index (χ2v) is 7.23. The molecule has 0 spiro atoms. The molecular formula is C32H28O. The van der Waals surface area contributed by atoms with Crippen LogP contribution in [0, 0.1) is 0 Å². The summed E-state index contributed by atoms with van der Waals surface area (Å²) in [6.07, 6.45) is 12.4. The van der Waals surface area contributed by atoms with E-state index in [2.05, 4.69) is 61.7 Å². The molecule has 4 aromatic rings. The second-order valence-electron chi connectivity index (χ2n) is 7.23. The van der Waals surface area contributed by atoms with Gasteiger partial charge in [-0.25, -0.2) is 0 Å². The number of hydrogen-bond donors (Lipinski definition) is 1. The average Bonchev–Trinajstić information content (AvgIpc) is 2.89. The van der Waals surface area contributed by atoms with Crippen LogP contribution in [0.4, 0.5) is 0 Å². The first kappa shape index (κ1) is 23.3. The highest BCUT2D eigenvalue weighted by molar-refractivity contribution is 5.87. The van der Waals surface area contributed by atoms with E-state index in [4.69, 9.17) is 0 Å². The smallest absolute Gasteiger partial charge is 0.123 e. The summed E-state index contributed by atoms with van der Waals surface area (Å²) in [7, 11) is 0. The largest absolute Gasteiger partial charge is 0.507 e. The third-order valence-electron chi connectivity index (χ3n) is 5.04. The highest BCUT2D eigenvalue weighted by atomic mass is 16.3. The van der Waals surface area contributed by atoms with Crippen LogP contribution in [0.3, 0.4) is 0 Å². The van der Waals surface area contributed by atoms with Gasteiger partial charge in [0, 0.05) is 5.56 Å². The summed E-state index contributed by atoms with van der Waals surface area (Å²) in [5.41, 5.74) is 6.15. The first-order valence-electron chi connectivity index (χ1n) is 10.8. The van der Waals surface area contributed by atoms with Crippen molar-refractivity contribution in [3.8, 4) is 5.75 Å². The van der Waals surface area contributed by atoms with Crippen molar-refractivity contribution in [2.45, 2.75) is 0 Å². The van der Waals surface area contributed by atoms with E-state index >= 15 is 0 Å². The molecule has 0 aliphatic heterocycles. The Labute approximate surface area is 197 Å². The molecule has 0 heterocycles. The Morgan fingerprint density at radius 1 is 0.424 bits per heavy atom. The second kappa shape index (κ2) is 12.5. The van der Waals surface area contributed by atoms with Gasteiger partial charge in [-0.15, -0.1) is 13.2 Å². The van der Waals surface area contributed by atoms with E-state index in [0.29, 0.717) is 0 Å². The Kier molecular flexibility index (Phi) is 8.82. The molecule has 0 unspecified atom stereocenters. The normalized spacial score (nSPS) is 11.0. The Morgan fingerprint density at radius 2 is 0.818 bits per heavy atom. The number of hydrogen-bond acceptors (Lipinski definition) is 1. The first-order chi connectivity index (χ1) is 16.3. The molecular weight excluding hydrogens is 400 g/mol. The maximum atomic E-state index is 10.7. The van der Waals surface area contributed by atoms with E-state index in [1.165, 1.54) is 0 Å². The number of phenols is 1. The summed E-state index contributed by atoms with van der Waals surface area (Å²) in [5, 5.41) is 10.7. The standard InChI is InChI=1S/C30H24O.C2H4/c31-30-23-20-27(19-16-24-10-4-1-5-11-24)28(21-17-25-12-6-2-7-13-25)29(30)22-18-26-14-8-3-9-15-26;1-2/h1-23,31H;1-2H2. The van der Waals surface area contributed by atoms with E-state index in [0.717, 1.165) is 33.4 Å². The van der Waals surface area contributed by atoms with Crippen LogP contribution in [0.5, 0.6) is 5.75 Å². The van der Waals surface area contributed by atoms with Crippen LogP contribution >= 0.6 is 0 Å². The molecule has 0 saturated carbocycles. The average molecular weight is 429 g/mol. The van der Waals surface area contributed by atoms with E-state index in [1.807, 2.05) is 84.9 Å². The summed E-state index contributed by atoms with van der Waals surface area (Å²) in [5.74, 6) is 0.261. The molecule has 0 aliphatic rings. The molecule has 0 amide bonds. The van der Waals surface area contributed by atoms with Crippen LogP contribution < -0.4 is 0 Å². The lowest BCUT2D eigenvalue weighted by atomic mass is 9.96. The fraction of sp³-hybridized carbons (Fsp3) is 0. The van der Waals surface area contributed by atoms with Crippen LogP contribution in [0.1, 0.15) is 33.4 Å². The van der Waals surface area contributed by atoms with Gasteiger partial charge in [0.15, 0.2) is 0 Å². The third-order valence-corrected chi connectivity index (χ3v) is 5.04. The molecule has 1 heteroatoms. The maximum absolute atomic E-state index is 10.7. The van der Waals surface area contributed by atoms with Crippen LogP contribution in [-0.2, 0) is 0 Å². The zero-order valence-corrected chi connectivity index (χ0v) is 18.6. The van der Waals surface area contributed by atoms with Crippen molar-refractivity contribution in [1.29, 1.82) is 0 Å². The van der Waals surface area contributed by atoms with Crippen molar-refractivity contribution in [2.24, 2.45) is 0 Å². The van der Waals surface area contributed by atoms with Gasteiger partial charge in [0.1, 0.15) is 5.75 Å². The summed E-state index contributed by atoms with van der Waals surface area (Å²) < 4.78 is 0. The molecule has 33 heavy (non-hydrogen) atoms. The lowest BCUT2D eigenvalue weighted by Gasteiger charge is -2.09. The summed E-state index contributed by atoms with van der Waals surface area (Å²) in [6, 6.07) is 34.2. The molecule has 0 atom stereocenters. The molecule has 4 rings (SSSR count). The molecule has 0 aromatic heterocycles. The van der Waals surface area contributed by atoms with E-state index in [9.17, 15) is 5.11 Å². The van der Waals surface area contributed by atoms with Crippen molar-refractivity contribution in [3.63, 3.8) is 0 Å². The van der Waals surface area contributed by atoms with Gasteiger partial charge in [-0.3, -0.25) is 0 Å². The molecule has 1 nitrogen and oxygen atoms in total. The highest BCUT2D eigenvalue weighted by Crippen LogP contribution is 2.30. The van der Waals surface area contributed by atoms with Gasteiger partial charge >= 0.3 is 0 Å². The zero-order valence-electron chi connectivity index (χ0n) is 18.6. The minimum atomic E-state index is 0.261. The van der Waals surface area contributed by atoms with Crippen molar-refractivity contribution in [3.05, 3.63) is 150 Å². The molecule has 4 aromatic carbocycles. The van der Waals surface area contributed by atoms with Gasteiger partial charge in [0.25, 0.3) is 0 Å². The van der Waals surface area contributed by atoms with Crippen molar-refractivity contribution < 1.29 is 5.11 Å². The Hall–Kier alpha value is -4.36. The lowest BCUT2D eigenvalue weighted by molar-refractivity contribution is 0.474. The Morgan fingerprint density at radius 3 is 1.27 bits per heavy atom. The zero-order chi connectivity index (χ0) is 23.3. The van der Waals surface area contributed by atoms with Gasteiger partial charge < -0.3 is 5.11 Å². The van der Waals surface area contributed by atoms with Gasteiger partial charge in [-0.1, -0.05) is 134 Å². The minimum absolute atomic E-state index is 0.261. The van der Waals surface area contributed by atoms with Crippen molar-refractivity contribution >= 4 is 36.5 Å². The molecule has 162 valence electrons. The topological polar surface area (TPSA) is 20.2 Å². The number of aromatic hydroxyl groups is 1. The van der Waals surface area contributed by atoms with Gasteiger partial charge in [0.05, 0.1) is 0 Å². The van der Waals surface area contributed by atoms with Crippen LogP contribution in [0.2, 0.25) is 0 Å². The monoisotopic (exact) mass is 428 g/mol. The summed E-state index contributed by atoms with van der Waals surface area (Å²) >= 11 is 0. The number of rotatable bonds is 6. The molecule has 0 bridgehead atoms. The summed E-state index contributed by atoms with van der Waals surface area (Å²) in [6.45, 7) is 6.00. The minimum Gasteiger partial charge on any atom is -0.507 e. The SMILES string of the molecule is C=C.Oc1ccc(C=Cc2ccccc2)c(C=Cc2ccccc2)c1C=Cc1ccccc1. The Balaban J connectivity index is 0.00000149. The predicted molar refractivity (Wildman–Crippen MR) is 145 cm³/mol. The van der Waals surface area contributed by atoms with Gasteiger partial charge in [-0.05, 0) is 33.9 Å². The first-order valence-corrected chi connectivity index (χ1v) is 10.8. The lowest BCUT2D eigenvalue weighted by Crippen LogP contribution is -1.88. The number of benzene rings is 4. The van der Waals surface area contributed by atoms with E-state index in [-0.39, 0.29) is 5.75 Å². The molecule has 0 radical (unpaired) electrons. The van der Waals surface area contributed by atoms with Gasteiger partial charge in [0.2, 0.25) is 0 Å². The third kappa shape index (κ3) is 6.81. The van der Waals surface area contributed by atoms with E-state index in [1.54, 1.807) is 6.07 Å². The van der Waals surface area contributed by atoms with Crippen LogP contribution in [0.25, 0.3) is 36.5 Å². The van der Waals surface area contributed by atoms with Crippen molar-refractivity contribution in [1.82, 2.24) is 0 Å². The van der Waals surface area contributed by atoms with Crippen LogP contribution in [-0.4, -0.2) is 5.11 Å².